The first-order chi connectivity index (χ1) is 5.45. The molecule has 3 N–H and O–H groups in total. The summed E-state index contributed by atoms with van der Waals surface area (Å²) in [5.41, 5.74) is 2.94. The van der Waals surface area contributed by atoms with Gasteiger partial charge in [-0.05, 0) is 17.6 Å². The minimum absolute atomic E-state index is 1.19. The monoisotopic (exact) mass is 188 g/mol. The van der Waals surface area contributed by atoms with Gasteiger partial charge >= 0.3 is 7.82 Å². The van der Waals surface area contributed by atoms with E-state index in [0.717, 1.165) is 0 Å². The summed E-state index contributed by atoms with van der Waals surface area (Å²) in [5.74, 6) is 0. The van der Waals surface area contributed by atoms with Gasteiger partial charge in [-0.3, -0.25) is 0 Å². The van der Waals surface area contributed by atoms with E-state index < -0.39 is 7.82 Å². The highest BCUT2D eigenvalue weighted by Crippen LogP contribution is 2.27. The zero-order valence-electron chi connectivity index (χ0n) is 6.21. The summed E-state index contributed by atoms with van der Waals surface area (Å²) < 4.78 is 8.88. The second kappa shape index (κ2) is 3.37. The Morgan fingerprint density at radius 3 is 1.50 bits per heavy atom. The Labute approximate surface area is 69.8 Å². The molecular formula is C7H9O4P. The molecule has 0 unspecified atom stereocenters. The van der Waals surface area contributed by atoms with Gasteiger partial charge in [-0.1, -0.05) is 24.3 Å². The fraction of sp³-hybridized carbons (Fsp3) is 0.143. The molecular weight excluding hydrogens is 179 g/mol. The summed E-state index contributed by atoms with van der Waals surface area (Å²) in [6.45, 7) is 0. The van der Waals surface area contributed by atoms with E-state index in [1.807, 2.05) is 0 Å². The van der Waals surface area contributed by atoms with Crippen LogP contribution in [0.2, 0.25) is 0 Å². The third kappa shape index (κ3) is 3.64. The number of rotatable bonds is 0. The summed E-state index contributed by atoms with van der Waals surface area (Å²) >= 11 is 0. The summed E-state index contributed by atoms with van der Waals surface area (Å²) in [6, 6.07) is 0. The van der Waals surface area contributed by atoms with Gasteiger partial charge in [0, 0.05) is 0 Å². The Kier molecular flexibility index (Phi) is 2.65. The van der Waals surface area contributed by atoms with E-state index >= 15 is 0 Å². The standard InChI is InChI=1S/C7H6.H3O4P/c1-2-7-4-3-6(1)5-7;1-5(2,3)4/h1-4H,5H2;(H3,1,2,3,4). The van der Waals surface area contributed by atoms with Gasteiger partial charge < -0.3 is 14.7 Å². The minimum atomic E-state index is -4.64. The largest absolute Gasteiger partial charge is 0.466 e. The Balaban J connectivity index is 0.000000130. The molecule has 4 nitrogen and oxygen atoms in total. The van der Waals surface area contributed by atoms with Crippen molar-refractivity contribution in [3.8, 4) is 0 Å². The van der Waals surface area contributed by atoms with Crippen molar-refractivity contribution < 1.29 is 19.2 Å². The lowest BCUT2D eigenvalue weighted by atomic mass is 10.3. The van der Waals surface area contributed by atoms with Gasteiger partial charge in [0.2, 0.25) is 0 Å². The van der Waals surface area contributed by atoms with Gasteiger partial charge in [0.1, 0.15) is 0 Å². The Hall–Kier alpha value is -0.670. The predicted octanol–water partition coefficient (Wildman–Crippen LogP) is 0.884. The number of fused-ring (bicyclic) bond motifs is 2. The molecule has 0 saturated carbocycles. The van der Waals surface area contributed by atoms with Crippen LogP contribution in [0.1, 0.15) is 6.42 Å². The highest BCUT2D eigenvalue weighted by molar-refractivity contribution is 7.45. The third-order valence-electron chi connectivity index (χ3n) is 1.43. The van der Waals surface area contributed by atoms with Crippen molar-refractivity contribution in [3.63, 3.8) is 0 Å². The first-order valence-electron chi connectivity index (χ1n) is 3.31. The lowest BCUT2D eigenvalue weighted by Crippen LogP contribution is -1.66. The molecule has 2 bridgehead atoms. The second-order valence-corrected chi connectivity index (χ2v) is 3.53. The zero-order valence-corrected chi connectivity index (χ0v) is 7.11. The molecule has 2 aliphatic rings. The van der Waals surface area contributed by atoms with Crippen LogP contribution < -0.4 is 0 Å². The average molecular weight is 188 g/mol. The number of hydrogen-bond donors (Lipinski definition) is 3. The maximum absolute atomic E-state index is 8.88. The SMILES string of the molecule is C1=CC2=CC=C1C2.O=P(O)(O)O. The van der Waals surface area contributed by atoms with Crippen molar-refractivity contribution in [1.82, 2.24) is 0 Å². The van der Waals surface area contributed by atoms with Crippen molar-refractivity contribution in [3.05, 3.63) is 35.5 Å². The number of hydrogen-bond acceptors (Lipinski definition) is 1. The second-order valence-electron chi connectivity index (χ2n) is 2.51. The van der Waals surface area contributed by atoms with Crippen LogP contribution in [-0.2, 0) is 4.57 Å². The Morgan fingerprint density at radius 1 is 1.08 bits per heavy atom. The maximum atomic E-state index is 8.88. The first-order valence-corrected chi connectivity index (χ1v) is 4.88. The van der Waals surface area contributed by atoms with Crippen LogP contribution in [0.3, 0.4) is 0 Å². The van der Waals surface area contributed by atoms with Gasteiger partial charge in [0.25, 0.3) is 0 Å². The maximum Gasteiger partial charge on any atom is 0.466 e. The molecule has 5 heteroatoms. The fourth-order valence-electron chi connectivity index (χ4n) is 1.01. The molecule has 0 heterocycles. The van der Waals surface area contributed by atoms with Crippen molar-refractivity contribution in [2.75, 3.05) is 0 Å². The fourth-order valence-corrected chi connectivity index (χ4v) is 1.01. The Morgan fingerprint density at radius 2 is 1.42 bits per heavy atom. The molecule has 0 radical (unpaired) electrons. The van der Waals surface area contributed by atoms with E-state index in [2.05, 4.69) is 24.3 Å². The van der Waals surface area contributed by atoms with Crippen LogP contribution in [0, 0.1) is 0 Å². The highest BCUT2D eigenvalue weighted by Gasteiger charge is 2.07. The van der Waals surface area contributed by atoms with E-state index in [9.17, 15) is 0 Å². The van der Waals surface area contributed by atoms with E-state index in [1.54, 1.807) is 0 Å². The van der Waals surface area contributed by atoms with Gasteiger partial charge in [-0.2, -0.15) is 0 Å². The average Bonchev–Trinajstić information content (AvgIpc) is 2.42. The lowest BCUT2D eigenvalue weighted by Gasteiger charge is -1.82. The van der Waals surface area contributed by atoms with Crippen LogP contribution in [0.15, 0.2) is 35.5 Å². The van der Waals surface area contributed by atoms with Gasteiger partial charge in [-0.25, -0.2) is 4.57 Å². The molecule has 0 aliphatic heterocycles. The van der Waals surface area contributed by atoms with Gasteiger partial charge in [0.05, 0.1) is 0 Å². The van der Waals surface area contributed by atoms with Crippen molar-refractivity contribution in [2.24, 2.45) is 0 Å². The van der Waals surface area contributed by atoms with E-state index in [-0.39, 0.29) is 0 Å². The number of allylic oxidation sites excluding steroid dienone is 6. The molecule has 0 fully saturated rings. The predicted molar refractivity (Wildman–Crippen MR) is 44.2 cm³/mol. The minimum Gasteiger partial charge on any atom is -0.303 e. The van der Waals surface area contributed by atoms with Crippen LogP contribution in [0.4, 0.5) is 0 Å². The highest BCUT2D eigenvalue weighted by atomic mass is 31.2. The summed E-state index contributed by atoms with van der Waals surface area (Å²) in [7, 11) is -4.64. The summed E-state index contributed by atoms with van der Waals surface area (Å²) in [5, 5.41) is 0. The van der Waals surface area contributed by atoms with E-state index in [4.69, 9.17) is 19.2 Å². The Bertz CT molecular complexity index is 279. The van der Waals surface area contributed by atoms with E-state index in [1.165, 1.54) is 17.6 Å². The normalized spacial score (nSPS) is 18.2. The molecule has 0 aromatic carbocycles. The molecule has 2 aliphatic carbocycles. The zero-order chi connectivity index (χ0) is 9.19. The lowest BCUT2D eigenvalue weighted by molar-refractivity contribution is 0.275. The topological polar surface area (TPSA) is 77.8 Å². The molecule has 0 saturated heterocycles. The summed E-state index contributed by atoms with van der Waals surface area (Å²) in [4.78, 5) is 21.6. The molecule has 2 rings (SSSR count). The first kappa shape index (κ1) is 9.42. The quantitative estimate of drug-likeness (QED) is 0.493. The number of phosphoric acid groups is 1. The molecule has 0 spiro atoms. The van der Waals surface area contributed by atoms with Crippen LogP contribution in [0.5, 0.6) is 0 Å². The molecule has 66 valence electrons. The van der Waals surface area contributed by atoms with Crippen LogP contribution in [0.25, 0.3) is 0 Å². The van der Waals surface area contributed by atoms with Gasteiger partial charge in [-0.15, -0.1) is 0 Å². The third-order valence-corrected chi connectivity index (χ3v) is 1.43. The van der Waals surface area contributed by atoms with Crippen LogP contribution in [-0.4, -0.2) is 14.7 Å². The van der Waals surface area contributed by atoms with Crippen molar-refractivity contribution in [2.45, 2.75) is 6.42 Å². The summed E-state index contributed by atoms with van der Waals surface area (Å²) in [6.07, 6.45) is 9.90. The van der Waals surface area contributed by atoms with Crippen molar-refractivity contribution in [1.29, 1.82) is 0 Å². The molecule has 0 aromatic rings. The molecule has 12 heavy (non-hydrogen) atoms. The van der Waals surface area contributed by atoms with Crippen molar-refractivity contribution >= 4 is 7.82 Å². The van der Waals surface area contributed by atoms with Crippen LogP contribution >= 0.6 is 7.82 Å². The van der Waals surface area contributed by atoms with E-state index in [0.29, 0.717) is 0 Å². The molecule has 0 amide bonds. The molecule has 0 aromatic heterocycles. The smallest absolute Gasteiger partial charge is 0.303 e. The van der Waals surface area contributed by atoms with Gasteiger partial charge in [0.15, 0.2) is 0 Å². The molecule has 0 atom stereocenters.